The Bertz CT molecular complexity index is 287. The molecule has 1 heteroatoms. The van der Waals surface area contributed by atoms with Crippen LogP contribution < -0.4 is 5.32 Å². The molecule has 0 unspecified atom stereocenters. The predicted octanol–water partition coefficient (Wildman–Crippen LogP) is 3.52. The molecule has 0 heterocycles. The van der Waals surface area contributed by atoms with Crippen molar-refractivity contribution in [2.45, 2.75) is 33.2 Å². The minimum Gasteiger partial charge on any atom is -0.309 e. The third-order valence-electron chi connectivity index (χ3n) is 2.47. The highest BCUT2D eigenvalue weighted by atomic mass is 14.8. The first kappa shape index (κ1) is 12.0. The molecular weight excluding hydrogens is 182 g/mol. The molecule has 0 fully saturated rings. The second-order valence-electron chi connectivity index (χ2n) is 3.71. The van der Waals surface area contributed by atoms with E-state index in [4.69, 9.17) is 0 Å². The lowest BCUT2D eigenvalue weighted by Crippen LogP contribution is -2.16. The molecule has 0 saturated heterocycles. The van der Waals surface area contributed by atoms with Gasteiger partial charge in [-0.05, 0) is 18.4 Å². The van der Waals surface area contributed by atoms with Crippen molar-refractivity contribution >= 4 is 0 Å². The van der Waals surface area contributed by atoms with Crippen molar-refractivity contribution in [1.29, 1.82) is 0 Å². The standard InChI is InChI=1S/C14H21N/c1-3-8-13(4-2)11-15-12-14-9-6-5-7-10-14/h5-10,15H,3-4,11-12H2,1-2H3/b13-8+. The fourth-order valence-electron chi connectivity index (χ4n) is 1.59. The van der Waals surface area contributed by atoms with E-state index in [0.717, 1.165) is 25.9 Å². The first-order valence-electron chi connectivity index (χ1n) is 5.79. The topological polar surface area (TPSA) is 12.0 Å². The van der Waals surface area contributed by atoms with Gasteiger partial charge in [-0.1, -0.05) is 55.8 Å². The van der Waals surface area contributed by atoms with Gasteiger partial charge in [0.1, 0.15) is 0 Å². The number of nitrogens with one attached hydrogen (secondary N) is 1. The van der Waals surface area contributed by atoms with Gasteiger partial charge in [-0.2, -0.15) is 0 Å². The van der Waals surface area contributed by atoms with E-state index in [-0.39, 0.29) is 0 Å². The summed E-state index contributed by atoms with van der Waals surface area (Å²) in [6, 6.07) is 10.5. The summed E-state index contributed by atoms with van der Waals surface area (Å²) in [6.45, 7) is 6.37. The predicted molar refractivity (Wildman–Crippen MR) is 66.8 cm³/mol. The maximum Gasteiger partial charge on any atom is 0.0208 e. The number of rotatable bonds is 6. The Kier molecular flexibility index (Phi) is 5.79. The molecule has 82 valence electrons. The van der Waals surface area contributed by atoms with E-state index in [2.05, 4.69) is 55.6 Å². The summed E-state index contributed by atoms with van der Waals surface area (Å²) in [7, 11) is 0. The lowest BCUT2D eigenvalue weighted by Gasteiger charge is -2.07. The van der Waals surface area contributed by atoms with Gasteiger partial charge in [-0.25, -0.2) is 0 Å². The lowest BCUT2D eigenvalue weighted by molar-refractivity contribution is 0.723. The minimum absolute atomic E-state index is 0.960. The molecule has 1 rings (SSSR count). The maximum atomic E-state index is 3.47. The molecule has 0 bridgehead atoms. The Morgan fingerprint density at radius 1 is 1.20 bits per heavy atom. The monoisotopic (exact) mass is 203 g/mol. The quantitative estimate of drug-likeness (QED) is 0.697. The normalized spacial score (nSPS) is 11.7. The molecule has 15 heavy (non-hydrogen) atoms. The van der Waals surface area contributed by atoms with Crippen molar-refractivity contribution in [2.75, 3.05) is 6.54 Å². The van der Waals surface area contributed by atoms with E-state index in [1.165, 1.54) is 11.1 Å². The Morgan fingerprint density at radius 2 is 1.93 bits per heavy atom. The van der Waals surface area contributed by atoms with E-state index >= 15 is 0 Å². The molecule has 1 aromatic rings. The zero-order chi connectivity index (χ0) is 10.9. The van der Waals surface area contributed by atoms with Gasteiger partial charge in [0, 0.05) is 13.1 Å². The first-order chi connectivity index (χ1) is 7.36. The van der Waals surface area contributed by atoms with Gasteiger partial charge in [0.25, 0.3) is 0 Å². The van der Waals surface area contributed by atoms with Crippen molar-refractivity contribution in [2.24, 2.45) is 0 Å². The molecule has 0 saturated carbocycles. The van der Waals surface area contributed by atoms with E-state index in [1.54, 1.807) is 0 Å². The average molecular weight is 203 g/mol. The number of hydrogen-bond acceptors (Lipinski definition) is 1. The molecule has 1 nitrogen and oxygen atoms in total. The number of hydrogen-bond donors (Lipinski definition) is 1. The van der Waals surface area contributed by atoms with Gasteiger partial charge in [0.2, 0.25) is 0 Å². The number of allylic oxidation sites excluding steroid dienone is 1. The third kappa shape index (κ3) is 4.80. The SMILES string of the molecule is CC/C=C(\CC)CNCc1ccccc1. The summed E-state index contributed by atoms with van der Waals surface area (Å²) in [5.74, 6) is 0. The molecule has 0 radical (unpaired) electrons. The first-order valence-corrected chi connectivity index (χ1v) is 5.79. The maximum absolute atomic E-state index is 3.47. The Balaban J connectivity index is 2.30. The second kappa shape index (κ2) is 7.24. The van der Waals surface area contributed by atoms with Gasteiger partial charge in [-0.3, -0.25) is 0 Å². The van der Waals surface area contributed by atoms with Crippen LogP contribution in [0.3, 0.4) is 0 Å². The zero-order valence-electron chi connectivity index (χ0n) is 9.79. The smallest absolute Gasteiger partial charge is 0.0208 e. The second-order valence-corrected chi connectivity index (χ2v) is 3.71. The Morgan fingerprint density at radius 3 is 2.53 bits per heavy atom. The van der Waals surface area contributed by atoms with Crippen LogP contribution in [0.25, 0.3) is 0 Å². The summed E-state index contributed by atoms with van der Waals surface area (Å²) in [5, 5.41) is 3.47. The van der Waals surface area contributed by atoms with Crippen molar-refractivity contribution in [1.82, 2.24) is 5.32 Å². The van der Waals surface area contributed by atoms with Gasteiger partial charge in [0.05, 0.1) is 0 Å². The Labute approximate surface area is 93.2 Å². The van der Waals surface area contributed by atoms with Crippen molar-refractivity contribution in [3.8, 4) is 0 Å². The van der Waals surface area contributed by atoms with Crippen molar-refractivity contribution < 1.29 is 0 Å². The van der Waals surface area contributed by atoms with Crippen LogP contribution in [0.15, 0.2) is 42.0 Å². The molecule has 0 aliphatic carbocycles. The van der Waals surface area contributed by atoms with E-state index in [0.29, 0.717) is 0 Å². The van der Waals surface area contributed by atoms with Gasteiger partial charge in [-0.15, -0.1) is 0 Å². The zero-order valence-corrected chi connectivity index (χ0v) is 9.79. The van der Waals surface area contributed by atoms with Crippen LogP contribution in [0.5, 0.6) is 0 Å². The molecule has 0 atom stereocenters. The summed E-state index contributed by atoms with van der Waals surface area (Å²) < 4.78 is 0. The van der Waals surface area contributed by atoms with Crippen LogP contribution in [-0.2, 0) is 6.54 Å². The molecule has 0 aliphatic heterocycles. The molecule has 1 N–H and O–H groups in total. The lowest BCUT2D eigenvalue weighted by atomic mass is 10.1. The van der Waals surface area contributed by atoms with E-state index in [1.807, 2.05) is 0 Å². The van der Waals surface area contributed by atoms with Crippen LogP contribution in [0.4, 0.5) is 0 Å². The summed E-state index contributed by atoms with van der Waals surface area (Å²) >= 11 is 0. The summed E-state index contributed by atoms with van der Waals surface area (Å²) in [4.78, 5) is 0. The average Bonchev–Trinajstić information content (AvgIpc) is 2.29. The fourth-order valence-corrected chi connectivity index (χ4v) is 1.59. The highest BCUT2D eigenvalue weighted by molar-refractivity contribution is 5.14. The molecule has 0 aliphatic rings. The van der Waals surface area contributed by atoms with Crippen LogP contribution in [-0.4, -0.2) is 6.54 Å². The fraction of sp³-hybridized carbons (Fsp3) is 0.429. The number of benzene rings is 1. The van der Waals surface area contributed by atoms with Gasteiger partial charge < -0.3 is 5.32 Å². The Hall–Kier alpha value is -1.08. The van der Waals surface area contributed by atoms with E-state index < -0.39 is 0 Å². The van der Waals surface area contributed by atoms with E-state index in [9.17, 15) is 0 Å². The summed E-state index contributed by atoms with van der Waals surface area (Å²) in [5.41, 5.74) is 2.86. The minimum atomic E-state index is 0.960. The molecule has 0 amide bonds. The highest BCUT2D eigenvalue weighted by Gasteiger charge is 1.94. The molecule has 1 aromatic carbocycles. The molecule has 0 spiro atoms. The molecule has 0 aromatic heterocycles. The van der Waals surface area contributed by atoms with Crippen LogP contribution in [0, 0.1) is 0 Å². The molecular formula is C14H21N. The summed E-state index contributed by atoms with van der Waals surface area (Å²) in [6.07, 6.45) is 4.60. The highest BCUT2D eigenvalue weighted by Crippen LogP contribution is 2.02. The van der Waals surface area contributed by atoms with Crippen LogP contribution in [0.2, 0.25) is 0 Å². The third-order valence-corrected chi connectivity index (χ3v) is 2.47. The largest absolute Gasteiger partial charge is 0.309 e. The van der Waals surface area contributed by atoms with Gasteiger partial charge >= 0.3 is 0 Å². The van der Waals surface area contributed by atoms with Gasteiger partial charge in [0.15, 0.2) is 0 Å². The van der Waals surface area contributed by atoms with Crippen LogP contribution in [0.1, 0.15) is 32.3 Å². The van der Waals surface area contributed by atoms with Crippen molar-refractivity contribution in [3.63, 3.8) is 0 Å². The van der Waals surface area contributed by atoms with Crippen molar-refractivity contribution in [3.05, 3.63) is 47.5 Å². The van der Waals surface area contributed by atoms with Crippen LogP contribution >= 0.6 is 0 Å².